The third kappa shape index (κ3) is 8.57. The van der Waals surface area contributed by atoms with Crippen LogP contribution in [-0.2, 0) is 9.53 Å². The number of benzene rings is 4. The Morgan fingerprint density at radius 1 is 0.667 bits per heavy atom. The third-order valence-electron chi connectivity index (χ3n) is 10.7. The van der Waals surface area contributed by atoms with E-state index in [4.69, 9.17) is 9.72 Å². The van der Waals surface area contributed by atoms with E-state index in [-0.39, 0.29) is 29.0 Å². The van der Waals surface area contributed by atoms with E-state index in [1.54, 1.807) is 48.5 Å². The maximum atomic E-state index is 14.1. The number of nitrogens with one attached hydrogen (secondary N) is 1. The minimum atomic E-state index is -0.354. The number of carbonyl (C=O) groups is 1. The van der Waals surface area contributed by atoms with E-state index in [2.05, 4.69) is 30.1 Å². The van der Waals surface area contributed by atoms with E-state index in [0.29, 0.717) is 94.7 Å². The van der Waals surface area contributed by atoms with Crippen LogP contribution in [-0.4, -0.2) is 107 Å². The fourth-order valence-electron chi connectivity index (χ4n) is 7.59. The number of aromatic nitrogens is 4. The number of amides is 1. The summed E-state index contributed by atoms with van der Waals surface area (Å²) in [5.74, 6) is 2.31. The van der Waals surface area contributed by atoms with E-state index in [1.165, 1.54) is 24.3 Å². The van der Waals surface area contributed by atoms with Crippen molar-refractivity contribution in [2.75, 3.05) is 75.4 Å². The van der Waals surface area contributed by atoms with E-state index >= 15 is 0 Å². The molecule has 3 saturated heterocycles. The second-order valence-corrected chi connectivity index (χ2v) is 14.5. The van der Waals surface area contributed by atoms with Gasteiger partial charge in [-0.25, -0.2) is 28.7 Å². The highest BCUT2D eigenvalue weighted by Gasteiger charge is 2.27. The molecule has 57 heavy (non-hydrogen) atoms. The number of nitrogens with zero attached hydrogens (tertiary/aromatic N) is 7. The number of phenolic OH excluding ortho intramolecular Hbond substituents is 2. The summed E-state index contributed by atoms with van der Waals surface area (Å²) < 4.78 is 33.2. The van der Waals surface area contributed by atoms with Crippen molar-refractivity contribution in [1.29, 1.82) is 0 Å². The van der Waals surface area contributed by atoms with Gasteiger partial charge in [-0.1, -0.05) is 24.3 Å². The number of rotatable bonds is 6. The summed E-state index contributed by atoms with van der Waals surface area (Å²) in [7, 11) is 0. The maximum absolute atomic E-state index is 14.1. The number of para-hydroxylation sites is 2. The molecule has 0 spiro atoms. The van der Waals surface area contributed by atoms with Crippen molar-refractivity contribution < 1.29 is 28.5 Å². The van der Waals surface area contributed by atoms with Gasteiger partial charge in [-0.2, -0.15) is 0 Å². The molecule has 9 rings (SSSR count). The van der Waals surface area contributed by atoms with Crippen LogP contribution < -0.4 is 15.1 Å². The fraction of sp³-hybridized carbons (Fsp3) is 0.326. The molecule has 2 aromatic heterocycles. The number of halogens is 2. The lowest BCUT2D eigenvalue weighted by molar-refractivity contribution is -0.133. The lowest BCUT2D eigenvalue weighted by Crippen LogP contribution is -2.49. The second-order valence-electron chi connectivity index (χ2n) is 14.5. The molecule has 14 heteroatoms. The Hall–Kier alpha value is -5.99. The van der Waals surface area contributed by atoms with Crippen molar-refractivity contribution in [3.63, 3.8) is 0 Å². The SMILES string of the molecule is O=C(CC1CCOCC1)N1CCN(c2nc(-c3ccccc3O)nc3ccc(F)cc23)CC1.Oc1ccccc1-c1nc(N2CCNCC2)c2cc(F)ccc2n1. The number of phenols is 2. The molecule has 12 nitrogen and oxygen atoms in total. The molecule has 3 aliphatic rings. The van der Waals surface area contributed by atoms with Gasteiger partial charge in [0.15, 0.2) is 11.6 Å². The molecule has 1 amide bonds. The minimum Gasteiger partial charge on any atom is -0.507 e. The monoisotopic (exact) mass is 774 g/mol. The van der Waals surface area contributed by atoms with Gasteiger partial charge in [0.2, 0.25) is 5.91 Å². The van der Waals surface area contributed by atoms with Crippen molar-refractivity contribution in [1.82, 2.24) is 30.2 Å². The van der Waals surface area contributed by atoms with E-state index in [1.807, 2.05) is 17.0 Å². The van der Waals surface area contributed by atoms with Gasteiger partial charge in [0.1, 0.15) is 34.8 Å². The van der Waals surface area contributed by atoms with Crippen LogP contribution in [0, 0.1) is 17.6 Å². The third-order valence-corrected chi connectivity index (χ3v) is 10.7. The number of hydrogen-bond acceptors (Lipinski definition) is 11. The van der Waals surface area contributed by atoms with Crippen molar-refractivity contribution in [2.24, 2.45) is 5.92 Å². The van der Waals surface area contributed by atoms with Gasteiger partial charge in [-0.05, 0) is 79.4 Å². The fourth-order valence-corrected chi connectivity index (χ4v) is 7.59. The molecule has 3 fully saturated rings. The first kappa shape index (κ1) is 37.9. The highest BCUT2D eigenvalue weighted by atomic mass is 19.1. The number of anilines is 2. The molecule has 5 heterocycles. The predicted octanol–water partition coefficient (Wildman–Crippen LogP) is 6.16. The maximum Gasteiger partial charge on any atom is 0.222 e. The summed E-state index contributed by atoms with van der Waals surface area (Å²) in [4.78, 5) is 37.4. The number of aromatic hydroxyl groups is 2. The van der Waals surface area contributed by atoms with Gasteiger partial charge in [-0.3, -0.25) is 4.79 Å². The predicted molar refractivity (Wildman–Crippen MR) is 215 cm³/mol. The van der Waals surface area contributed by atoms with Crippen LogP contribution >= 0.6 is 0 Å². The van der Waals surface area contributed by atoms with Crippen LogP contribution in [0.5, 0.6) is 11.5 Å². The van der Waals surface area contributed by atoms with Crippen LogP contribution in [0.1, 0.15) is 19.3 Å². The average molecular weight is 775 g/mol. The first-order valence-corrected chi connectivity index (χ1v) is 19.4. The van der Waals surface area contributed by atoms with Crippen LogP contribution in [0.25, 0.3) is 44.6 Å². The van der Waals surface area contributed by atoms with Crippen LogP contribution in [0.4, 0.5) is 20.4 Å². The minimum absolute atomic E-state index is 0.0911. The standard InChI is InChI=1S/C25H27FN4O3.C18H17FN4O/c26-18-5-6-21-20(16-18)25(28-24(27-21)19-3-1-2-4-22(19)31)30-11-9-29(10-12-30)23(32)15-17-7-13-33-14-8-17;19-12-5-6-15-14(11-12)18(23-9-7-20-8-10-23)22-17(21-15)13-3-1-2-4-16(13)24/h1-6,16-17,31H,7-15H2;1-6,11,20,24H,7-10H2. The van der Waals surface area contributed by atoms with Gasteiger partial charge in [0.05, 0.1) is 22.2 Å². The Morgan fingerprint density at radius 3 is 1.67 bits per heavy atom. The Labute approximate surface area is 328 Å². The van der Waals surface area contributed by atoms with Gasteiger partial charge in [0.25, 0.3) is 0 Å². The van der Waals surface area contributed by atoms with Crippen molar-refractivity contribution in [3.05, 3.63) is 96.6 Å². The molecular formula is C43H44F2N8O4. The Balaban J connectivity index is 0.000000168. The molecule has 0 bridgehead atoms. The van der Waals surface area contributed by atoms with Crippen molar-refractivity contribution in [2.45, 2.75) is 19.3 Å². The molecule has 294 valence electrons. The summed E-state index contributed by atoms with van der Waals surface area (Å²) in [6.07, 6.45) is 2.46. The molecule has 0 radical (unpaired) electrons. The largest absolute Gasteiger partial charge is 0.507 e. The van der Waals surface area contributed by atoms with Gasteiger partial charge in [-0.15, -0.1) is 0 Å². The lowest BCUT2D eigenvalue weighted by atomic mass is 9.96. The van der Waals surface area contributed by atoms with Crippen LogP contribution in [0.3, 0.4) is 0 Å². The van der Waals surface area contributed by atoms with E-state index in [9.17, 15) is 23.8 Å². The molecule has 0 saturated carbocycles. The van der Waals surface area contributed by atoms with Crippen molar-refractivity contribution >= 4 is 39.3 Å². The molecule has 3 aliphatic heterocycles. The first-order valence-electron chi connectivity index (χ1n) is 19.4. The first-order chi connectivity index (χ1) is 27.8. The van der Waals surface area contributed by atoms with Crippen LogP contribution in [0.15, 0.2) is 84.9 Å². The molecule has 0 unspecified atom stereocenters. The van der Waals surface area contributed by atoms with Gasteiger partial charge >= 0.3 is 0 Å². The topological polar surface area (TPSA) is 140 Å². The number of hydrogen-bond donors (Lipinski definition) is 3. The van der Waals surface area contributed by atoms with E-state index < -0.39 is 0 Å². The summed E-state index contributed by atoms with van der Waals surface area (Å²) >= 11 is 0. The number of ether oxygens (including phenoxy) is 1. The molecular weight excluding hydrogens is 731 g/mol. The van der Waals surface area contributed by atoms with Gasteiger partial charge in [0, 0.05) is 82.8 Å². The summed E-state index contributed by atoms with van der Waals surface area (Å²) in [6.45, 7) is 7.16. The number of carbonyl (C=O) groups excluding carboxylic acids is 1. The summed E-state index contributed by atoms with van der Waals surface area (Å²) in [5.41, 5.74) is 2.37. The number of piperazine rings is 2. The van der Waals surface area contributed by atoms with Crippen molar-refractivity contribution in [3.8, 4) is 34.3 Å². The Bertz CT molecular complexity index is 2380. The normalized spacial score (nSPS) is 16.4. The average Bonchev–Trinajstić information content (AvgIpc) is 3.24. The zero-order valence-electron chi connectivity index (χ0n) is 31.4. The summed E-state index contributed by atoms with van der Waals surface area (Å²) in [5, 5.41) is 25.0. The summed E-state index contributed by atoms with van der Waals surface area (Å²) in [6, 6.07) is 22.9. The van der Waals surface area contributed by atoms with Crippen LogP contribution in [0.2, 0.25) is 0 Å². The number of fused-ring (bicyclic) bond motifs is 2. The smallest absolute Gasteiger partial charge is 0.222 e. The molecule has 0 atom stereocenters. The zero-order valence-corrected chi connectivity index (χ0v) is 31.4. The molecule has 6 aromatic rings. The zero-order chi connectivity index (χ0) is 39.3. The van der Waals surface area contributed by atoms with Gasteiger partial charge < -0.3 is 35.0 Å². The Morgan fingerprint density at radius 2 is 1.16 bits per heavy atom. The molecule has 0 aliphatic carbocycles. The van der Waals surface area contributed by atoms with E-state index in [0.717, 1.165) is 52.2 Å². The highest BCUT2D eigenvalue weighted by molar-refractivity contribution is 5.92. The molecule has 3 N–H and O–H groups in total. The molecule has 4 aromatic carbocycles. The quantitative estimate of drug-likeness (QED) is 0.179. The lowest BCUT2D eigenvalue weighted by Gasteiger charge is -2.36. The Kier molecular flexibility index (Phi) is 11.3. The highest BCUT2D eigenvalue weighted by Crippen LogP contribution is 2.34. The second kappa shape index (κ2) is 17.0.